The van der Waals surface area contributed by atoms with E-state index in [0.717, 1.165) is 4.88 Å². The minimum absolute atomic E-state index is 0.0600. The highest BCUT2D eigenvalue weighted by molar-refractivity contribution is 9.10. The molecule has 102 valence electrons. The Morgan fingerprint density at radius 1 is 1.26 bits per heavy atom. The molecule has 0 aliphatic carbocycles. The molecule has 0 bridgehead atoms. The molecule has 0 radical (unpaired) electrons. The summed E-state index contributed by atoms with van der Waals surface area (Å²) in [5.74, 6) is 0. The molecule has 19 heavy (non-hydrogen) atoms. The van der Waals surface area contributed by atoms with E-state index < -0.39 is 11.7 Å². The van der Waals surface area contributed by atoms with Crippen molar-refractivity contribution >= 4 is 27.3 Å². The number of halogens is 4. The molecule has 1 nitrogen and oxygen atoms in total. The Labute approximate surface area is 121 Å². The van der Waals surface area contributed by atoms with Crippen LogP contribution in [0.5, 0.6) is 0 Å². The van der Waals surface area contributed by atoms with Crippen molar-refractivity contribution in [3.8, 4) is 0 Å². The van der Waals surface area contributed by atoms with Crippen LogP contribution in [0.15, 0.2) is 40.2 Å². The van der Waals surface area contributed by atoms with E-state index in [2.05, 4.69) is 21.2 Å². The summed E-state index contributed by atoms with van der Waals surface area (Å²) >= 11 is 4.46. The standard InChI is InChI=1S/C13H11BrF3NS/c1-18-12(11-3-2-6-19-11)8-4-5-10(14)9(7-8)13(15,16)17/h2-7,12,18H,1H3. The van der Waals surface area contributed by atoms with Gasteiger partial charge in [0.15, 0.2) is 0 Å². The van der Waals surface area contributed by atoms with Gasteiger partial charge >= 0.3 is 6.18 Å². The third-order valence-corrected chi connectivity index (χ3v) is 4.37. The van der Waals surface area contributed by atoms with Gasteiger partial charge in [-0.1, -0.05) is 28.1 Å². The van der Waals surface area contributed by atoms with Crippen molar-refractivity contribution in [3.05, 3.63) is 56.2 Å². The Morgan fingerprint density at radius 3 is 2.53 bits per heavy atom. The lowest BCUT2D eigenvalue weighted by atomic mass is 10.0. The van der Waals surface area contributed by atoms with E-state index in [-0.39, 0.29) is 10.5 Å². The number of hydrogen-bond donors (Lipinski definition) is 1. The Morgan fingerprint density at radius 2 is 2.00 bits per heavy atom. The van der Waals surface area contributed by atoms with Gasteiger partial charge in [0.25, 0.3) is 0 Å². The van der Waals surface area contributed by atoms with Crippen molar-refractivity contribution in [2.45, 2.75) is 12.2 Å². The maximum atomic E-state index is 12.9. The molecule has 1 heterocycles. The van der Waals surface area contributed by atoms with Crippen molar-refractivity contribution in [2.24, 2.45) is 0 Å². The summed E-state index contributed by atoms with van der Waals surface area (Å²) in [6, 6.07) is 7.88. The fourth-order valence-electron chi connectivity index (χ4n) is 1.87. The highest BCUT2D eigenvalue weighted by Crippen LogP contribution is 2.37. The average molecular weight is 350 g/mol. The molecule has 0 fully saturated rings. The van der Waals surface area contributed by atoms with Gasteiger partial charge in [-0.05, 0) is 36.2 Å². The van der Waals surface area contributed by atoms with Crippen molar-refractivity contribution in [2.75, 3.05) is 7.05 Å². The van der Waals surface area contributed by atoms with Crippen molar-refractivity contribution < 1.29 is 13.2 Å². The Balaban J connectivity index is 2.45. The first-order valence-corrected chi connectivity index (χ1v) is 7.18. The van der Waals surface area contributed by atoms with Crippen molar-refractivity contribution in [3.63, 3.8) is 0 Å². The van der Waals surface area contributed by atoms with E-state index in [9.17, 15) is 13.2 Å². The summed E-state index contributed by atoms with van der Waals surface area (Å²) < 4.78 is 38.7. The van der Waals surface area contributed by atoms with Crippen molar-refractivity contribution in [1.29, 1.82) is 0 Å². The van der Waals surface area contributed by atoms with E-state index >= 15 is 0 Å². The van der Waals surface area contributed by atoms with Crippen LogP contribution >= 0.6 is 27.3 Å². The molecule has 1 aromatic heterocycles. The number of rotatable bonds is 3. The van der Waals surface area contributed by atoms with Crippen LogP contribution in [0.4, 0.5) is 13.2 Å². The third-order valence-electron chi connectivity index (χ3n) is 2.75. The molecule has 0 saturated heterocycles. The predicted molar refractivity (Wildman–Crippen MR) is 74.4 cm³/mol. The Hall–Kier alpha value is -0.850. The molecule has 1 unspecified atom stereocenters. The molecule has 0 spiro atoms. The average Bonchev–Trinajstić information content (AvgIpc) is 2.84. The molecular weight excluding hydrogens is 339 g/mol. The zero-order valence-corrected chi connectivity index (χ0v) is 12.4. The molecule has 1 N–H and O–H groups in total. The van der Waals surface area contributed by atoms with Crippen LogP contribution in [-0.4, -0.2) is 7.05 Å². The van der Waals surface area contributed by atoms with Gasteiger partial charge < -0.3 is 5.32 Å². The second-order valence-electron chi connectivity index (χ2n) is 3.97. The first kappa shape index (κ1) is 14.6. The maximum absolute atomic E-state index is 12.9. The second kappa shape index (κ2) is 5.64. The van der Waals surface area contributed by atoms with E-state index in [4.69, 9.17) is 0 Å². The van der Waals surface area contributed by atoms with Crippen LogP contribution in [0.1, 0.15) is 22.0 Å². The van der Waals surface area contributed by atoms with Crippen LogP contribution in [-0.2, 0) is 6.18 Å². The van der Waals surface area contributed by atoms with Gasteiger partial charge in [-0.25, -0.2) is 0 Å². The van der Waals surface area contributed by atoms with Gasteiger partial charge in [0.1, 0.15) is 0 Å². The predicted octanol–water partition coefficient (Wildman–Crippen LogP) is 4.84. The van der Waals surface area contributed by atoms with Crippen LogP contribution in [0.25, 0.3) is 0 Å². The number of hydrogen-bond acceptors (Lipinski definition) is 2. The van der Waals surface area contributed by atoms with Crippen LogP contribution in [0, 0.1) is 0 Å². The molecule has 1 atom stereocenters. The van der Waals surface area contributed by atoms with E-state index in [0.29, 0.717) is 5.56 Å². The second-order valence-corrected chi connectivity index (χ2v) is 5.81. The van der Waals surface area contributed by atoms with Gasteiger partial charge in [-0.2, -0.15) is 13.2 Å². The summed E-state index contributed by atoms with van der Waals surface area (Å²) in [5.41, 5.74) is -0.0534. The SMILES string of the molecule is CNC(c1ccc(Br)c(C(F)(F)F)c1)c1cccs1. The van der Waals surface area contributed by atoms with E-state index in [1.807, 2.05) is 17.5 Å². The molecule has 6 heteroatoms. The molecule has 0 amide bonds. The molecule has 1 aromatic carbocycles. The van der Waals surface area contributed by atoms with Crippen LogP contribution < -0.4 is 5.32 Å². The monoisotopic (exact) mass is 349 g/mol. The van der Waals surface area contributed by atoms with E-state index in [1.54, 1.807) is 13.1 Å². The molecule has 2 rings (SSSR count). The molecule has 2 aromatic rings. The fourth-order valence-corrected chi connectivity index (χ4v) is 3.20. The zero-order valence-electron chi connectivity index (χ0n) is 9.96. The van der Waals surface area contributed by atoms with E-state index in [1.165, 1.54) is 23.5 Å². The van der Waals surface area contributed by atoms with Crippen LogP contribution in [0.3, 0.4) is 0 Å². The normalized spacial score (nSPS) is 13.5. The summed E-state index contributed by atoms with van der Waals surface area (Å²) in [6.45, 7) is 0. The number of alkyl halides is 3. The zero-order chi connectivity index (χ0) is 14.0. The first-order chi connectivity index (χ1) is 8.93. The topological polar surface area (TPSA) is 12.0 Å². The summed E-state index contributed by atoms with van der Waals surface area (Å²) in [6.07, 6.45) is -4.36. The van der Waals surface area contributed by atoms with Crippen molar-refractivity contribution in [1.82, 2.24) is 5.32 Å². The van der Waals surface area contributed by atoms with Gasteiger partial charge in [0.2, 0.25) is 0 Å². The van der Waals surface area contributed by atoms with Crippen LogP contribution in [0.2, 0.25) is 0 Å². The van der Waals surface area contributed by atoms with Gasteiger partial charge in [-0.3, -0.25) is 0 Å². The van der Waals surface area contributed by atoms with Gasteiger partial charge in [0, 0.05) is 9.35 Å². The third kappa shape index (κ3) is 3.19. The Kier molecular flexibility index (Phi) is 4.32. The highest BCUT2D eigenvalue weighted by atomic mass is 79.9. The fraction of sp³-hybridized carbons (Fsp3) is 0.231. The molecule has 0 saturated carbocycles. The lowest BCUT2D eigenvalue weighted by Gasteiger charge is -2.18. The smallest absolute Gasteiger partial charge is 0.309 e. The lowest BCUT2D eigenvalue weighted by molar-refractivity contribution is -0.138. The number of thiophene rings is 1. The maximum Gasteiger partial charge on any atom is 0.417 e. The largest absolute Gasteiger partial charge is 0.417 e. The molecule has 0 aliphatic rings. The minimum Gasteiger partial charge on any atom is -0.309 e. The lowest BCUT2D eigenvalue weighted by Crippen LogP contribution is -2.17. The summed E-state index contributed by atoms with van der Waals surface area (Å²) in [5, 5.41) is 4.95. The quantitative estimate of drug-likeness (QED) is 0.835. The number of nitrogens with one attached hydrogen (secondary N) is 1. The number of benzene rings is 1. The molecule has 0 aliphatic heterocycles. The summed E-state index contributed by atoms with van der Waals surface area (Å²) in [7, 11) is 1.74. The minimum atomic E-state index is -4.36. The Bertz CT molecular complexity index is 552. The van der Waals surface area contributed by atoms with Gasteiger partial charge in [-0.15, -0.1) is 11.3 Å². The highest BCUT2D eigenvalue weighted by Gasteiger charge is 2.33. The first-order valence-electron chi connectivity index (χ1n) is 5.51. The molecular formula is C13H11BrF3NS. The summed E-state index contributed by atoms with van der Waals surface area (Å²) in [4.78, 5) is 0.984. The van der Waals surface area contributed by atoms with Gasteiger partial charge in [0.05, 0.1) is 11.6 Å².